The molecule has 72 valence electrons. The largest absolute Gasteiger partial charge is 0.478 e. The van der Waals surface area contributed by atoms with E-state index in [4.69, 9.17) is 5.11 Å². The van der Waals surface area contributed by atoms with Gasteiger partial charge in [0.1, 0.15) is 0 Å². The van der Waals surface area contributed by atoms with Gasteiger partial charge >= 0.3 is 5.97 Å². The first-order chi connectivity index (χ1) is 5.75. The second kappa shape index (κ2) is 5.43. The predicted molar refractivity (Wildman–Crippen MR) is 54.8 cm³/mol. The summed E-state index contributed by atoms with van der Waals surface area (Å²) < 4.78 is 0. The first-order valence-corrected chi connectivity index (χ1v) is 3.82. The molecule has 0 heterocycles. The molecule has 0 spiro atoms. The minimum Gasteiger partial charge on any atom is -0.478 e. The summed E-state index contributed by atoms with van der Waals surface area (Å²) >= 11 is 0. The second-order valence-electron chi connectivity index (χ2n) is 2.38. The van der Waals surface area contributed by atoms with Crippen LogP contribution in [-0.2, 0) is 0 Å². The third-order valence-corrected chi connectivity index (χ3v) is 1.52. The van der Waals surface area contributed by atoms with E-state index in [2.05, 4.69) is 5.32 Å². The number of carboxylic acid groups (broad SMARTS) is 1. The Bertz CT molecular complexity index is 289. The highest BCUT2D eigenvalue weighted by molar-refractivity contribution is 5.94. The summed E-state index contributed by atoms with van der Waals surface area (Å²) in [5.41, 5.74) is 0.992. The van der Waals surface area contributed by atoms with Crippen LogP contribution in [0.15, 0.2) is 24.3 Å². The Kier molecular flexibility index (Phi) is 4.92. The molecule has 0 aliphatic rings. The fraction of sp³-hybridized carbons (Fsp3) is 0.222. The molecule has 0 radical (unpaired) electrons. The van der Waals surface area contributed by atoms with Crippen LogP contribution in [0.25, 0.3) is 0 Å². The first-order valence-electron chi connectivity index (χ1n) is 3.82. The summed E-state index contributed by atoms with van der Waals surface area (Å²) in [5, 5.41) is 11.7. The van der Waals surface area contributed by atoms with Gasteiger partial charge in [-0.15, -0.1) is 12.4 Å². The molecule has 0 fully saturated rings. The number of carboxylic acids is 1. The average molecular weight is 202 g/mol. The number of para-hydroxylation sites is 1. The maximum Gasteiger partial charge on any atom is 0.337 e. The molecule has 13 heavy (non-hydrogen) atoms. The number of benzene rings is 1. The van der Waals surface area contributed by atoms with E-state index in [0.717, 1.165) is 6.54 Å². The lowest BCUT2D eigenvalue weighted by molar-refractivity contribution is 0.0698. The molecule has 1 aromatic rings. The number of anilines is 1. The lowest BCUT2D eigenvalue weighted by Gasteiger charge is -2.05. The van der Waals surface area contributed by atoms with E-state index in [0.29, 0.717) is 11.3 Å². The lowest BCUT2D eigenvalue weighted by Crippen LogP contribution is -2.04. The van der Waals surface area contributed by atoms with Crippen molar-refractivity contribution in [2.75, 3.05) is 11.9 Å². The molecule has 0 unspecified atom stereocenters. The van der Waals surface area contributed by atoms with Crippen molar-refractivity contribution in [3.05, 3.63) is 29.8 Å². The molecule has 1 rings (SSSR count). The minimum absolute atomic E-state index is 0. The number of nitrogens with one attached hydrogen (secondary N) is 1. The third-order valence-electron chi connectivity index (χ3n) is 1.52. The van der Waals surface area contributed by atoms with Crippen LogP contribution in [-0.4, -0.2) is 17.6 Å². The predicted octanol–water partition coefficient (Wildman–Crippen LogP) is 2.24. The summed E-state index contributed by atoms with van der Waals surface area (Å²) in [5.74, 6) is -0.897. The number of rotatable bonds is 3. The van der Waals surface area contributed by atoms with Crippen LogP contribution in [0, 0.1) is 0 Å². The van der Waals surface area contributed by atoms with Crippen LogP contribution < -0.4 is 5.32 Å². The van der Waals surface area contributed by atoms with Gasteiger partial charge in [-0.25, -0.2) is 4.79 Å². The zero-order valence-corrected chi connectivity index (χ0v) is 8.10. The topological polar surface area (TPSA) is 49.3 Å². The van der Waals surface area contributed by atoms with Crippen LogP contribution in [0.3, 0.4) is 0 Å². The molecular formula is C9H12ClNO2. The molecule has 0 atom stereocenters. The molecule has 0 bridgehead atoms. The van der Waals surface area contributed by atoms with Gasteiger partial charge in [-0.1, -0.05) is 12.1 Å². The quantitative estimate of drug-likeness (QED) is 0.789. The molecule has 2 N–H and O–H groups in total. The van der Waals surface area contributed by atoms with Crippen molar-refractivity contribution < 1.29 is 9.90 Å². The summed E-state index contributed by atoms with van der Waals surface area (Å²) in [6, 6.07) is 6.86. The summed E-state index contributed by atoms with van der Waals surface area (Å²) in [7, 11) is 0. The average Bonchev–Trinajstić information content (AvgIpc) is 2.05. The van der Waals surface area contributed by atoms with Crippen LogP contribution in [0.2, 0.25) is 0 Å². The van der Waals surface area contributed by atoms with E-state index < -0.39 is 5.97 Å². The molecule has 0 saturated heterocycles. The molecule has 0 aromatic heterocycles. The molecule has 3 nitrogen and oxygen atoms in total. The van der Waals surface area contributed by atoms with Crippen LogP contribution in [0.1, 0.15) is 17.3 Å². The Balaban J connectivity index is 0.00000144. The number of aromatic carboxylic acids is 1. The number of hydrogen-bond acceptors (Lipinski definition) is 2. The molecular weight excluding hydrogens is 190 g/mol. The highest BCUT2D eigenvalue weighted by atomic mass is 35.5. The van der Waals surface area contributed by atoms with Crippen molar-refractivity contribution in [3.8, 4) is 0 Å². The van der Waals surface area contributed by atoms with Gasteiger partial charge in [0.25, 0.3) is 0 Å². The SMILES string of the molecule is CCNc1ccccc1C(=O)O.Cl. The Morgan fingerprint density at radius 1 is 1.46 bits per heavy atom. The third kappa shape index (κ3) is 2.95. The van der Waals surface area contributed by atoms with Gasteiger partial charge in [0, 0.05) is 12.2 Å². The van der Waals surface area contributed by atoms with Crippen LogP contribution >= 0.6 is 12.4 Å². The summed E-state index contributed by atoms with van der Waals surface area (Å²) in [6.07, 6.45) is 0. The maximum atomic E-state index is 10.7. The smallest absolute Gasteiger partial charge is 0.337 e. The Morgan fingerprint density at radius 3 is 2.62 bits per heavy atom. The zero-order chi connectivity index (χ0) is 8.97. The monoisotopic (exact) mass is 201 g/mol. The van der Waals surface area contributed by atoms with Gasteiger partial charge in [0.05, 0.1) is 5.56 Å². The highest BCUT2D eigenvalue weighted by Crippen LogP contribution is 2.13. The molecule has 4 heteroatoms. The first kappa shape index (κ1) is 11.8. The number of halogens is 1. The number of carbonyl (C=O) groups is 1. The minimum atomic E-state index is -0.897. The van der Waals surface area contributed by atoms with Crippen LogP contribution in [0.5, 0.6) is 0 Å². The summed E-state index contributed by atoms with van der Waals surface area (Å²) in [4.78, 5) is 10.7. The van der Waals surface area contributed by atoms with Gasteiger partial charge in [-0.05, 0) is 19.1 Å². The lowest BCUT2D eigenvalue weighted by atomic mass is 10.2. The van der Waals surface area contributed by atoms with Crippen molar-refractivity contribution >= 4 is 24.1 Å². The van der Waals surface area contributed by atoms with E-state index in [1.54, 1.807) is 18.2 Å². The van der Waals surface area contributed by atoms with Gasteiger partial charge in [-0.3, -0.25) is 0 Å². The zero-order valence-electron chi connectivity index (χ0n) is 7.28. The normalized spacial score (nSPS) is 8.69. The van der Waals surface area contributed by atoms with Gasteiger partial charge < -0.3 is 10.4 Å². The molecule has 1 aromatic carbocycles. The van der Waals surface area contributed by atoms with E-state index in [9.17, 15) is 4.79 Å². The summed E-state index contributed by atoms with van der Waals surface area (Å²) in [6.45, 7) is 2.66. The molecule has 0 aliphatic heterocycles. The van der Waals surface area contributed by atoms with E-state index >= 15 is 0 Å². The van der Waals surface area contributed by atoms with Crippen molar-refractivity contribution in [3.63, 3.8) is 0 Å². The fourth-order valence-electron chi connectivity index (χ4n) is 1.01. The van der Waals surface area contributed by atoms with Crippen molar-refractivity contribution in [2.45, 2.75) is 6.92 Å². The Morgan fingerprint density at radius 2 is 2.08 bits per heavy atom. The molecule has 0 amide bonds. The molecule has 0 aliphatic carbocycles. The maximum absolute atomic E-state index is 10.7. The van der Waals surface area contributed by atoms with Gasteiger partial charge in [-0.2, -0.15) is 0 Å². The number of hydrogen-bond donors (Lipinski definition) is 2. The van der Waals surface area contributed by atoms with Crippen molar-refractivity contribution in [1.29, 1.82) is 0 Å². The standard InChI is InChI=1S/C9H11NO2.ClH/c1-2-10-8-6-4-3-5-7(8)9(11)12;/h3-6,10H,2H2,1H3,(H,11,12);1H. The Hall–Kier alpha value is -1.22. The van der Waals surface area contributed by atoms with Crippen LogP contribution in [0.4, 0.5) is 5.69 Å². The van der Waals surface area contributed by atoms with Gasteiger partial charge in [0.15, 0.2) is 0 Å². The van der Waals surface area contributed by atoms with E-state index in [1.165, 1.54) is 0 Å². The van der Waals surface area contributed by atoms with E-state index in [-0.39, 0.29) is 12.4 Å². The van der Waals surface area contributed by atoms with E-state index in [1.807, 2.05) is 13.0 Å². The second-order valence-corrected chi connectivity index (χ2v) is 2.38. The fourth-order valence-corrected chi connectivity index (χ4v) is 1.01. The Labute approximate surface area is 83.2 Å². The van der Waals surface area contributed by atoms with Crippen molar-refractivity contribution in [1.82, 2.24) is 0 Å². The highest BCUT2D eigenvalue weighted by Gasteiger charge is 2.06. The van der Waals surface area contributed by atoms with Gasteiger partial charge in [0.2, 0.25) is 0 Å². The molecule has 0 saturated carbocycles. The van der Waals surface area contributed by atoms with Crippen molar-refractivity contribution in [2.24, 2.45) is 0 Å².